The molecule has 4 heteroatoms. The number of fused-ring (bicyclic) bond motifs is 1. The minimum Gasteiger partial charge on any atom is -0.395 e. The molecule has 0 aromatic heterocycles. The zero-order valence-electron chi connectivity index (χ0n) is 16.3. The summed E-state index contributed by atoms with van der Waals surface area (Å²) in [7, 11) is 2.19. The van der Waals surface area contributed by atoms with Gasteiger partial charge in [0.05, 0.1) is 12.2 Å². The molecular weight excluding hydrogens is 351 g/mol. The fourth-order valence-electron chi connectivity index (χ4n) is 4.60. The predicted molar refractivity (Wildman–Crippen MR) is 110 cm³/mol. The van der Waals surface area contributed by atoms with Gasteiger partial charge in [-0.1, -0.05) is 36.1 Å². The lowest BCUT2D eigenvalue weighted by Gasteiger charge is -2.57. The van der Waals surface area contributed by atoms with Crippen molar-refractivity contribution >= 4 is 0 Å². The molecule has 2 saturated heterocycles. The van der Waals surface area contributed by atoms with Crippen LogP contribution in [0.2, 0.25) is 0 Å². The molecule has 0 radical (unpaired) electrons. The van der Waals surface area contributed by atoms with Gasteiger partial charge in [-0.2, -0.15) is 0 Å². The van der Waals surface area contributed by atoms with Crippen LogP contribution in [0.5, 0.6) is 0 Å². The first kappa shape index (κ1) is 19.1. The van der Waals surface area contributed by atoms with Crippen LogP contribution in [-0.2, 0) is 0 Å². The summed E-state index contributed by atoms with van der Waals surface area (Å²) in [6.45, 7) is 3.45. The fraction of sp³-hybridized carbons (Fsp3) is 0.417. The summed E-state index contributed by atoms with van der Waals surface area (Å²) in [6.07, 6.45) is 2.41. The summed E-state index contributed by atoms with van der Waals surface area (Å²) in [6, 6.07) is 15.5. The summed E-state index contributed by atoms with van der Waals surface area (Å²) < 4.78 is 13.7. The van der Waals surface area contributed by atoms with E-state index in [1.165, 1.54) is 24.5 Å². The molecule has 0 aliphatic carbocycles. The van der Waals surface area contributed by atoms with Gasteiger partial charge in [-0.15, -0.1) is 0 Å². The number of rotatable bonds is 2. The topological polar surface area (TPSA) is 26.7 Å². The maximum atomic E-state index is 13.7. The van der Waals surface area contributed by atoms with Gasteiger partial charge in [0.1, 0.15) is 5.82 Å². The van der Waals surface area contributed by atoms with Crippen molar-refractivity contribution in [2.45, 2.75) is 30.8 Å². The molecule has 0 amide bonds. The molecule has 0 bridgehead atoms. The third-order valence-electron chi connectivity index (χ3n) is 6.08. The van der Waals surface area contributed by atoms with E-state index < -0.39 is 0 Å². The van der Waals surface area contributed by atoms with Crippen molar-refractivity contribution in [1.29, 1.82) is 0 Å². The van der Waals surface area contributed by atoms with Crippen LogP contribution in [0.15, 0.2) is 48.5 Å². The van der Waals surface area contributed by atoms with Gasteiger partial charge in [-0.25, -0.2) is 4.39 Å². The van der Waals surface area contributed by atoms with Crippen LogP contribution in [0.3, 0.4) is 0 Å². The molecule has 2 fully saturated rings. The van der Waals surface area contributed by atoms with E-state index in [-0.39, 0.29) is 18.5 Å². The largest absolute Gasteiger partial charge is 0.395 e. The van der Waals surface area contributed by atoms with Crippen molar-refractivity contribution in [2.24, 2.45) is 0 Å². The Morgan fingerprint density at radius 3 is 2.54 bits per heavy atom. The van der Waals surface area contributed by atoms with E-state index in [2.05, 4.69) is 40.8 Å². The van der Waals surface area contributed by atoms with E-state index in [0.717, 1.165) is 25.2 Å². The molecule has 3 atom stereocenters. The summed E-state index contributed by atoms with van der Waals surface area (Å²) >= 11 is 0. The van der Waals surface area contributed by atoms with Crippen LogP contribution in [0.4, 0.5) is 4.39 Å². The molecule has 2 aromatic rings. The van der Waals surface area contributed by atoms with E-state index in [0.29, 0.717) is 17.5 Å². The highest BCUT2D eigenvalue weighted by atomic mass is 19.1. The van der Waals surface area contributed by atoms with E-state index in [9.17, 15) is 9.50 Å². The molecule has 3 nitrogen and oxygen atoms in total. The molecule has 2 heterocycles. The first-order valence-electron chi connectivity index (χ1n) is 10.1. The molecule has 4 rings (SSSR count). The second-order valence-corrected chi connectivity index (χ2v) is 7.90. The van der Waals surface area contributed by atoms with Crippen LogP contribution >= 0.6 is 0 Å². The Morgan fingerprint density at radius 2 is 1.79 bits per heavy atom. The lowest BCUT2D eigenvalue weighted by atomic mass is 9.74. The summed E-state index contributed by atoms with van der Waals surface area (Å²) in [5, 5.41) is 9.96. The second kappa shape index (κ2) is 8.45. The Bertz CT molecular complexity index is 870. The molecule has 0 unspecified atom stereocenters. The first-order chi connectivity index (χ1) is 13.7. The number of aliphatic hydroxyl groups excluding tert-OH is 1. The standard InChI is InChI=1S/C24H27FN2O/c1-26-14-4-5-15-27-22(16-26)24(23(27)17-28)20-12-9-18(10-13-20)8-11-19-6-2-3-7-21(19)25/h2-3,6-7,9-10,12-13,22-24,28H,4-5,14-17H2,1H3/t22-,23+,24-/m0/s1. The number of likely N-dealkylation sites (N-methyl/N-ethyl adjacent to an activating group) is 1. The molecule has 146 valence electrons. The normalized spacial score (nSPS) is 25.6. The highest BCUT2D eigenvalue weighted by molar-refractivity contribution is 5.44. The van der Waals surface area contributed by atoms with E-state index in [1.54, 1.807) is 18.2 Å². The fourth-order valence-corrected chi connectivity index (χ4v) is 4.60. The van der Waals surface area contributed by atoms with Crippen LogP contribution in [0, 0.1) is 17.7 Å². The lowest BCUT2D eigenvalue weighted by molar-refractivity contribution is -0.0614. The highest BCUT2D eigenvalue weighted by Gasteiger charge is 2.48. The number of halogens is 1. The minimum atomic E-state index is -0.291. The summed E-state index contributed by atoms with van der Waals surface area (Å²) in [5.74, 6) is 6.02. The van der Waals surface area contributed by atoms with Crippen LogP contribution in [-0.4, -0.2) is 60.3 Å². The molecule has 1 N–H and O–H groups in total. The van der Waals surface area contributed by atoms with Crippen molar-refractivity contribution in [3.05, 3.63) is 71.0 Å². The highest BCUT2D eigenvalue weighted by Crippen LogP contribution is 2.41. The maximum Gasteiger partial charge on any atom is 0.138 e. The van der Waals surface area contributed by atoms with E-state index in [4.69, 9.17) is 0 Å². The maximum absolute atomic E-state index is 13.7. The molecule has 0 spiro atoms. The number of nitrogens with zero attached hydrogens (tertiary/aromatic N) is 2. The second-order valence-electron chi connectivity index (χ2n) is 7.90. The van der Waals surface area contributed by atoms with Gasteiger partial charge in [0.15, 0.2) is 0 Å². The molecule has 2 aliphatic heterocycles. The van der Waals surface area contributed by atoms with Crippen molar-refractivity contribution in [2.75, 3.05) is 33.3 Å². The van der Waals surface area contributed by atoms with Gasteiger partial charge in [-0.05, 0) is 62.8 Å². The summed E-state index contributed by atoms with van der Waals surface area (Å²) in [5.41, 5.74) is 2.54. The zero-order valence-corrected chi connectivity index (χ0v) is 16.3. The zero-order chi connectivity index (χ0) is 19.5. The molecule has 2 aromatic carbocycles. The van der Waals surface area contributed by atoms with Crippen molar-refractivity contribution in [3.8, 4) is 11.8 Å². The van der Waals surface area contributed by atoms with Gasteiger partial charge >= 0.3 is 0 Å². The molecule has 2 aliphatic rings. The number of benzene rings is 2. The Hall–Kier alpha value is -2.19. The number of hydrogen-bond acceptors (Lipinski definition) is 3. The van der Waals surface area contributed by atoms with Crippen molar-refractivity contribution < 1.29 is 9.50 Å². The molecule has 0 saturated carbocycles. The Kier molecular flexibility index (Phi) is 5.77. The van der Waals surface area contributed by atoms with Gasteiger partial charge < -0.3 is 10.0 Å². The number of hydrogen-bond donors (Lipinski definition) is 1. The number of aliphatic hydroxyl groups is 1. The van der Waals surface area contributed by atoms with Crippen molar-refractivity contribution in [1.82, 2.24) is 9.80 Å². The quantitative estimate of drug-likeness (QED) is 0.814. The lowest BCUT2D eigenvalue weighted by Crippen LogP contribution is -2.67. The predicted octanol–water partition coefficient (Wildman–Crippen LogP) is 3.08. The smallest absolute Gasteiger partial charge is 0.138 e. The van der Waals surface area contributed by atoms with Gasteiger partial charge in [0, 0.05) is 30.1 Å². The van der Waals surface area contributed by atoms with Gasteiger partial charge in [-0.3, -0.25) is 4.90 Å². The Labute approximate surface area is 166 Å². The van der Waals surface area contributed by atoms with Crippen LogP contribution in [0.25, 0.3) is 0 Å². The third-order valence-corrected chi connectivity index (χ3v) is 6.08. The monoisotopic (exact) mass is 378 g/mol. The Balaban J connectivity index is 1.52. The average Bonchev–Trinajstić information content (AvgIpc) is 2.69. The van der Waals surface area contributed by atoms with E-state index >= 15 is 0 Å². The van der Waals surface area contributed by atoms with Gasteiger partial charge in [0.25, 0.3) is 0 Å². The minimum absolute atomic E-state index is 0.194. The third kappa shape index (κ3) is 3.84. The average molecular weight is 378 g/mol. The van der Waals surface area contributed by atoms with Gasteiger partial charge in [0.2, 0.25) is 0 Å². The van der Waals surface area contributed by atoms with Crippen LogP contribution < -0.4 is 0 Å². The Morgan fingerprint density at radius 1 is 1.04 bits per heavy atom. The van der Waals surface area contributed by atoms with Crippen molar-refractivity contribution in [3.63, 3.8) is 0 Å². The van der Waals surface area contributed by atoms with E-state index in [1.807, 2.05) is 12.1 Å². The molecule has 28 heavy (non-hydrogen) atoms. The summed E-state index contributed by atoms with van der Waals surface area (Å²) in [4.78, 5) is 4.89. The first-order valence-corrected chi connectivity index (χ1v) is 10.1. The molecular formula is C24H27FN2O. The SMILES string of the molecule is CN1CCCCN2[C@H](CO)[C@@H](c3ccc(C#Cc4ccccc4F)cc3)[C@@H]2C1. The van der Waals surface area contributed by atoms with Crippen LogP contribution in [0.1, 0.15) is 35.4 Å².